The maximum atomic E-state index is 14.7. The molecule has 4 aromatic carbocycles. The van der Waals surface area contributed by atoms with Crippen molar-refractivity contribution in [1.29, 1.82) is 0 Å². The van der Waals surface area contributed by atoms with Gasteiger partial charge in [-0.25, -0.2) is 19.2 Å². The Labute approximate surface area is 376 Å². The molecule has 0 aliphatic rings. The fourth-order valence-corrected chi connectivity index (χ4v) is 6.82. The Morgan fingerprint density at radius 2 is 0.730 bits per heavy atom. The molecular formula is C40H31B9F2O11S. The number of hydrogen-bond donors (Lipinski definition) is 1. The minimum atomic E-state index is -6.18. The third-order valence-corrected chi connectivity index (χ3v) is 10.7. The number of hydrogen-bond acceptors (Lipinski definition) is 10. The van der Waals surface area contributed by atoms with Gasteiger partial charge in [0.15, 0.2) is 6.10 Å². The van der Waals surface area contributed by atoms with Crippen molar-refractivity contribution in [2.45, 2.75) is 75.2 Å². The summed E-state index contributed by atoms with van der Waals surface area (Å²) in [5, 5.41) is -5.08. The molecular weight excluding hydrogens is 824 g/mol. The first-order valence-corrected chi connectivity index (χ1v) is 20.4. The quantitative estimate of drug-likeness (QED) is 0.0639. The number of ether oxygens (including phenoxy) is 4. The molecule has 63 heavy (non-hydrogen) atoms. The molecule has 304 valence electrons. The summed E-state index contributed by atoms with van der Waals surface area (Å²) in [5.74, 6) is -6.65. The van der Waals surface area contributed by atoms with Crippen LogP contribution in [0.4, 0.5) is 8.78 Å². The van der Waals surface area contributed by atoms with Crippen LogP contribution in [-0.4, -0.2) is 119 Å². The minimum Gasteiger partial charge on any atom is -0.451 e. The molecule has 0 saturated carbocycles. The molecule has 1 unspecified atom stereocenters. The molecule has 0 bridgehead atoms. The van der Waals surface area contributed by atoms with E-state index in [1.54, 1.807) is 0 Å². The van der Waals surface area contributed by atoms with Crippen molar-refractivity contribution < 1.29 is 59.9 Å². The third-order valence-electron chi connectivity index (χ3n) is 9.66. The van der Waals surface area contributed by atoms with Gasteiger partial charge in [0.2, 0.25) is 0 Å². The van der Waals surface area contributed by atoms with Crippen LogP contribution in [0.3, 0.4) is 0 Å². The smallest absolute Gasteiger partial charge is 0.405 e. The maximum absolute atomic E-state index is 14.7. The van der Waals surface area contributed by atoms with Crippen LogP contribution in [0.2, 0.25) is 0 Å². The molecule has 23 heteroatoms. The average molecular weight is 855 g/mol. The Kier molecular flexibility index (Phi) is 17.5. The monoisotopic (exact) mass is 856 g/mol. The first-order valence-electron chi connectivity index (χ1n) is 18.9. The zero-order valence-electron chi connectivity index (χ0n) is 34.0. The summed E-state index contributed by atoms with van der Waals surface area (Å²) < 4.78 is 83.9. The summed E-state index contributed by atoms with van der Waals surface area (Å²) in [7, 11) is 47.1. The van der Waals surface area contributed by atoms with Crippen molar-refractivity contribution in [3.05, 3.63) is 121 Å². The molecule has 1 N–H and O–H groups in total. The first kappa shape index (κ1) is 50.8. The summed E-state index contributed by atoms with van der Waals surface area (Å²) >= 11 is 0. The van der Waals surface area contributed by atoms with E-state index >= 15 is 0 Å². The highest BCUT2D eigenvalue weighted by molar-refractivity contribution is 7.86. The average Bonchev–Trinajstić information content (AvgIpc) is 3.27. The normalized spacial score (nSPS) is 12.0. The van der Waals surface area contributed by atoms with Crippen LogP contribution in [0.5, 0.6) is 17.2 Å². The SMILES string of the molecule is [B]Cc1cc(C[B])c(OC(=O)c2cc(C(=O)Oc3c(C[B])cc(C[B])cc3C[B])c(C(=O)OC(C)C(F)(F)S(=O)(=O)O)cc2C(=O)Oc2c(C[B])cc(C[B])cc2C[B])c(C[B])c1. The second-order valence-corrected chi connectivity index (χ2v) is 15.3. The van der Waals surface area contributed by atoms with Crippen LogP contribution in [0.25, 0.3) is 0 Å². The third kappa shape index (κ3) is 11.3. The Bertz CT molecular complexity index is 2450. The van der Waals surface area contributed by atoms with E-state index in [9.17, 15) is 40.9 Å². The zero-order chi connectivity index (χ0) is 47.0. The van der Waals surface area contributed by atoms with E-state index < -0.39 is 67.6 Å². The topological polar surface area (TPSA) is 160 Å². The van der Waals surface area contributed by atoms with E-state index in [0.717, 1.165) is 0 Å². The van der Waals surface area contributed by atoms with E-state index in [2.05, 4.69) is 0 Å². The maximum Gasteiger partial charge on any atom is 0.405 e. The fourth-order valence-electron chi connectivity index (χ4n) is 6.36. The molecule has 0 aromatic heterocycles. The Morgan fingerprint density at radius 1 is 0.492 bits per heavy atom. The molecule has 0 aliphatic carbocycles. The van der Waals surface area contributed by atoms with Gasteiger partial charge in [-0.15, -0.1) is 0 Å². The van der Waals surface area contributed by atoms with Crippen molar-refractivity contribution in [3.63, 3.8) is 0 Å². The molecule has 0 amide bonds. The van der Waals surface area contributed by atoms with E-state index in [0.29, 0.717) is 35.7 Å². The number of esters is 4. The van der Waals surface area contributed by atoms with Crippen LogP contribution >= 0.6 is 0 Å². The Hall–Kier alpha value is -4.89. The van der Waals surface area contributed by atoms with Crippen LogP contribution < -0.4 is 14.2 Å². The highest BCUT2D eigenvalue weighted by Crippen LogP contribution is 2.34. The summed E-state index contributed by atoms with van der Waals surface area (Å²) in [6.07, 6.45) is -4.10. The molecule has 0 fully saturated rings. The van der Waals surface area contributed by atoms with Gasteiger partial charge < -0.3 is 18.9 Å². The molecule has 0 heterocycles. The van der Waals surface area contributed by atoms with E-state index in [4.69, 9.17) is 89.6 Å². The van der Waals surface area contributed by atoms with Crippen molar-refractivity contribution >= 4 is 105 Å². The Morgan fingerprint density at radius 3 is 0.937 bits per heavy atom. The fraction of sp³-hybridized carbons (Fsp3) is 0.300. The van der Waals surface area contributed by atoms with Crippen LogP contribution in [0.1, 0.15) is 98.4 Å². The number of halogens is 2. The molecule has 1 atom stereocenters. The van der Waals surface area contributed by atoms with Crippen LogP contribution in [-0.2, 0) is 71.7 Å². The number of rotatable bonds is 19. The molecule has 11 nitrogen and oxygen atoms in total. The summed E-state index contributed by atoms with van der Waals surface area (Å²) in [6, 6.07) is 10.4. The molecule has 0 spiro atoms. The van der Waals surface area contributed by atoms with Gasteiger partial charge in [-0.05, 0) is 52.4 Å². The summed E-state index contributed by atoms with van der Waals surface area (Å²) in [4.78, 5) is 57.0. The highest BCUT2D eigenvalue weighted by atomic mass is 32.2. The molecule has 4 aromatic rings. The Balaban J connectivity index is 2.07. The molecule has 18 radical (unpaired) electrons. The number of alkyl halides is 2. The predicted octanol–water partition coefficient (Wildman–Crippen LogP) is 2.39. The van der Waals surface area contributed by atoms with Gasteiger partial charge in [-0.1, -0.05) is 110 Å². The van der Waals surface area contributed by atoms with Gasteiger partial charge in [0.1, 0.15) is 17.2 Å². The van der Waals surface area contributed by atoms with Crippen molar-refractivity contribution in [2.24, 2.45) is 0 Å². The van der Waals surface area contributed by atoms with Crippen molar-refractivity contribution in [1.82, 2.24) is 0 Å². The van der Waals surface area contributed by atoms with E-state index in [-0.39, 0.29) is 108 Å². The van der Waals surface area contributed by atoms with E-state index in [1.807, 2.05) is 0 Å². The summed E-state index contributed by atoms with van der Waals surface area (Å²) in [5.41, 5.74) is -0.571. The van der Waals surface area contributed by atoms with Gasteiger partial charge in [0, 0.05) is 0 Å². The first-order chi connectivity index (χ1) is 29.8. The lowest BCUT2D eigenvalue weighted by Gasteiger charge is -2.22. The second-order valence-electron chi connectivity index (χ2n) is 13.8. The standard InChI is InChI=1S/C40H31B9F2O11S/c1-19(40(50,51)63(56,57)58)59-36(52)29-8-31(38(54)61-34-25(15-46)4-21(11-42)5-26(34)16-47)32(39(55)62-35-27(17-48)6-22(12-43)7-28(35)18-49)9-30(29)37(53)60-33-23(13-44)2-20(10-41)3-24(33)14-45/h2-9,19H,10-18H2,1H3,(H,56,57,58). The predicted molar refractivity (Wildman–Crippen MR) is 237 cm³/mol. The van der Waals surface area contributed by atoms with E-state index in [1.165, 1.54) is 36.4 Å². The summed E-state index contributed by atoms with van der Waals surface area (Å²) in [6.45, 7) is 0.429. The molecule has 0 saturated heterocycles. The van der Waals surface area contributed by atoms with Crippen molar-refractivity contribution in [3.8, 4) is 17.2 Å². The second kappa shape index (κ2) is 21.7. The van der Waals surface area contributed by atoms with Crippen molar-refractivity contribution in [2.75, 3.05) is 0 Å². The van der Waals surface area contributed by atoms with Gasteiger partial charge in [0.25, 0.3) is 0 Å². The number of benzene rings is 4. The molecule has 4 rings (SSSR count). The minimum absolute atomic E-state index is 0.0308. The van der Waals surface area contributed by atoms with Gasteiger partial charge in [-0.2, -0.15) is 17.2 Å². The lowest BCUT2D eigenvalue weighted by molar-refractivity contribution is -0.0550. The molecule has 0 aliphatic heterocycles. The zero-order valence-corrected chi connectivity index (χ0v) is 34.8. The van der Waals surface area contributed by atoms with Gasteiger partial charge in [0.05, 0.1) is 92.9 Å². The largest absolute Gasteiger partial charge is 0.451 e. The number of carbonyl (C=O) groups is 4. The van der Waals surface area contributed by atoms with Gasteiger partial charge in [-0.3, -0.25) is 4.55 Å². The van der Waals surface area contributed by atoms with Crippen LogP contribution in [0.15, 0.2) is 48.5 Å². The lowest BCUT2D eigenvalue weighted by atomic mass is 9.85. The highest BCUT2D eigenvalue weighted by Gasteiger charge is 2.52. The number of carbonyl (C=O) groups excluding carboxylic acids is 4. The van der Waals surface area contributed by atoms with Crippen LogP contribution in [0, 0.1) is 0 Å². The van der Waals surface area contributed by atoms with Gasteiger partial charge >= 0.3 is 39.2 Å². The lowest BCUT2D eigenvalue weighted by Crippen LogP contribution is -2.42.